The van der Waals surface area contributed by atoms with E-state index in [0.29, 0.717) is 12.0 Å². The lowest BCUT2D eigenvalue weighted by molar-refractivity contribution is 0.437. The summed E-state index contributed by atoms with van der Waals surface area (Å²) in [4.78, 5) is 0. The van der Waals surface area contributed by atoms with Gasteiger partial charge in [-0.05, 0) is 41.8 Å². The summed E-state index contributed by atoms with van der Waals surface area (Å²) in [5.41, 5.74) is 2.25. The first-order valence-corrected chi connectivity index (χ1v) is 6.62. The standard InChI is InChI=1S/C17H18O3/c1-2-3-15-16(19)10-13(11-17(15)20)5-4-12-6-8-14(18)9-7-12/h4-11,18-20H,2-3H2,1H3/b5-4+. The zero-order valence-electron chi connectivity index (χ0n) is 11.4. The van der Waals surface area contributed by atoms with Crippen LogP contribution in [0.3, 0.4) is 0 Å². The van der Waals surface area contributed by atoms with Crippen molar-refractivity contribution in [3.63, 3.8) is 0 Å². The van der Waals surface area contributed by atoms with Crippen molar-refractivity contribution in [2.24, 2.45) is 0 Å². The van der Waals surface area contributed by atoms with Gasteiger partial charge in [-0.1, -0.05) is 37.6 Å². The fourth-order valence-corrected chi connectivity index (χ4v) is 2.04. The molecule has 2 rings (SSSR count). The molecule has 0 fully saturated rings. The molecule has 0 aromatic heterocycles. The van der Waals surface area contributed by atoms with E-state index in [9.17, 15) is 15.3 Å². The Hall–Kier alpha value is -2.42. The minimum absolute atomic E-state index is 0.122. The van der Waals surface area contributed by atoms with E-state index < -0.39 is 0 Å². The Morgan fingerprint density at radius 3 is 1.95 bits per heavy atom. The maximum absolute atomic E-state index is 9.91. The minimum atomic E-state index is 0.122. The van der Waals surface area contributed by atoms with Gasteiger partial charge in [-0.2, -0.15) is 0 Å². The van der Waals surface area contributed by atoms with Crippen LogP contribution in [0.15, 0.2) is 36.4 Å². The van der Waals surface area contributed by atoms with E-state index in [1.807, 2.05) is 19.1 Å². The van der Waals surface area contributed by atoms with Gasteiger partial charge < -0.3 is 15.3 Å². The normalized spacial score (nSPS) is 11.1. The second kappa shape index (κ2) is 6.15. The Morgan fingerprint density at radius 2 is 1.40 bits per heavy atom. The van der Waals surface area contributed by atoms with E-state index in [1.54, 1.807) is 36.4 Å². The van der Waals surface area contributed by atoms with E-state index in [-0.39, 0.29) is 17.2 Å². The highest BCUT2D eigenvalue weighted by molar-refractivity contribution is 5.71. The van der Waals surface area contributed by atoms with Crippen molar-refractivity contribution >= 4 is 12.2 Å². The van der Waals surface area contributed by atoms with Gasteiger partial charge in [0.1, 0.15) is 17.2 Å². The molecule has 3 nitrogen and oxygen atoms in total. The monoisotopic (exact) mass is 270 g/mol. The quantitative estimate of drug-likeness (QED) is 0.738. The lowest BCUT2D eigenvalue weighted by atomic mass is 10.0. The molecule has 0 aliphatic carbocycles. The van der Waals surface area contributed by atoms with Gasteiger partial charge in [-0.25, -0.2) is 0 Å². The number of benzene rings is 2. The van der Waals surface area contributed by atoms with Crippen molar-refractivity contribution in [2.45, 2.75) is 19.8 Å². The predicted molar refractivity (Wildman–Crippen MR) is 80.8 cm³/mol. The van der Waals surface area contributed by atoms with Crippen LogP contribution in [0.4, 0.5) is 0 Å². The summed E-state index contributed by atoms with van der Waals surface area (Å²) >= 11 is 0. The third-order valence-electron chi connectivity index (χ3n) is 3.09. The molecule has 0 atom stereocenters. The van der Waals surface area contributed by atoms with Crippen LogP contribution in [-0.4, -0.2) is 15.3 Å². The third-order valence-corrected chi connectivity index (χ3v) is 3.09. The molecule has 0 radical (unpaired) electrons. The molecule has 0 saturated carbocycles. The van der Waals surface area contributed by atoms with Crippen molar-refractivity contribution in [2.75, 3.05) is 0 Å². The van der Waals surface area contributed by atoms with Gasteiger partial charge in [0, 0.05) is 5.56 Å². The summed E-state index contributed by atoms with van der Waals surface area (Å²) in [5.74, 6) is 0.468. The summed E-state index contributed by atoms with van der Waals surface area (Å²) in [7, 11) is 0. The van der Waals surface area contributed by atoms with E-state index in [2.05, 4.69) is 0 Å². The average Bonchev–Trinajstić information content (AvgIpc) is 2.42. The van der Waals surface area contributed by atoms with Crippen LogP contribution in [0.25, 0.3) is 12.2 Å². The summed E-state index contributed by atoms with van der Waals surface area (Å²) < 4.78 is 0. The predicted octanol–water partition coefficient (Wildman–Crippen LogP) is 3.93. The largest absolute Gasteiger partial charge is 0.508 e. The Bertz CT molecular complexity index is 590. The molecular weight excluding hydrogens is 252 g/mol. The molecule has 0 bridgehead atoms. The van der Waals surface area contributed by atoms with E-state index in [0.717, 1.165) is 17.5 Å². The van der Waals surface area contributed by atoms with Gasteiger partial charge in [0.05, 0.1) is 0 Å². The summed E-state index contributed by atoms with van der Waals surface area (Å²) in [6.07, 6.45) is 5.18. The Morgan fingerprint density at radius 1 is 0.850 bits per heavy atom. The molecule has 0 saturated heterocycles. The van der Waals surface area contributed by atoms with E-state index in [4.69, 9.17) is 0 Å². The number of hydrogen-bond acceptors (Lipinski definition) is 3. The molecule has 2 aromatic rings. The van der Waals surface area contributed by atoms with Crippen LogP contribution in [0.1, 0.15) is 30.0 Å². The zero-order chi connectivity index (χ0) is 14.5. The highest BCUT2D eigenvalue weighted by Crippen LogP contribution is 2.30. The smallest absolute Gasteiger partial charge is 0.123 e. The molecule has 0 aliphatic rings. The van der Waals surface area contributed by atoms with Crippen LogP contribution in [-0.2, 0) is 6.42 Å². The highest BCUT2D eigenvalue weighted by atomic mass is 16.3. The fraction of sp³-hybridized carbons (Fsp3) is 0.176. The van der Waals surface area contributed by atoms with Gasteiger partial charge in [-0.3, -0.25) is 0 Å². The van der Waals surface area contributed by atoms with Crippen LogP contribution in [0.5, 0.6) is 17.2 Å². The lowest BCUT2D eigenvalue weighted by Gasteiger charge is -2.07. The molecule has 2 aromatic carbocycles. The Kier molecular flexibility index (Phi) is 4.31. The van der Waals surface area contributed by atoms with Gasteiger partial charge in [0.2, 0.25) is 0 Å². The number of rotatable bonds is 4. The molecule has 0 amide bonds. The first kappa shape index (κ1) is 14.0. The molecule has 3 heteroatoms. The maximum Gasteiger partial charge on any atom is 0.123 e. The first-order chi connectivity index (χ1) is 9.60. The molecule has 104 valence electrons. The number of aromatic hydroxyl groups is 3. The molecule has 0 spiro atoms. The molecule has 20 heavy (non-hydrogen) atoms. The Labute approximate surface area is 118 Å². The Balaban J connectivity index is 2.23. The number of phenols is 3. The van der Waals surface area contributed by atoms with Crippen molar-refractivity contribution < 1.29 is 15.3 Å². The lowest BCUT2D eigenvalue weighted by Crippen LogP contribution is -1.87. The SMILES string of the molecule is CCCc1c(O)cc(/C=C/c2ccc(O)cc2)cc1O. The van der Waals surface area contributed by atoms with Crippen molar-refractivity contribution in [1.82, 2.24) is 0 Å². The van der Waals surface area contributed by atoms with Gasteiger partial charge in [0.15, 0.2) is 0 Å². The molecule has 0 heterocycles. The highest BCUT2D eigenvalue weighted by Gasteiger charge is 2.07. The minimum Gasteiger partial charge on any atom is -0.508 e. The second-order valence-corrected chi connectivity index (χ2v) is 4.71. The summed E-state index contributed by atoms with van der Waals surface area (Å²) in [6.45, 7) is 2.00. The topological polar surface area (TPSA) is 60.7 Å². The van der Waals surface area contributed by atoms with Crippen LogP contribution < -0.4 is 0 Å². The van der Waals surface area contributed by atoms with Crippen molar-refractivity contribution in [3.8, 4) is 17.2 Å². The summed E-state index contributed by atoms with van der Waals surface area (Å²) in [5, 5.41) is 29.0. The molecule has 0 unspecified atom stereocenters. The van der Waals surface area contributed by atoms with Gasteiger partial charge in [0.25, 0.3) is 0 Å². The third kappa shape index (κ3) is 3.32. The van der Waals surface area contributed by atoms with Crippen LogP contribution in [0, 0.1) is 0 Å². The molecule has 0 aliphatic heterocycles. The fourth-order valence-electron chi connectivity index (χ4n) is 2.04. The van der Waals surface area contributed by atoms with Crippen molar-refractivity contribution in [1.29, 1.82) is 0 Å². The molecular formula is C17H18O3. The number of phenolic OH excluding ortho intramolecular Hbond substituents is 3. The number of hydrogen-bond donors (Lipinski definition) is 3. The molecule has 3 N–H and O–H groups in total. The van der Waals surface area contributed by atoms with Gasteiger partial charge >= 0.3 is 0 Å². The van der Waals surface area contributed by atoms with Crippen LogP contribution >= 0.6 is 0 Å². The van der Waals surface area contributed by atoms with Gasteiger partial charge in [-0.15, -0.1) is 0 Å². The zero-order valence-corrected chi connectivity index (χ0v) is 11.4. The second-order valence-electron chi connectivity index (χ2n) is 4.71. The maximum atomic E-state index is 9.91. The van der Waals surface area contributed by atoms with E-state index in [1.165, 1.54) is 0 Å². The summed E-state index contributed by atoms with van der Waals surface area (Å²) in [6, 6.07) is 10.1. The van der Waals surface area contributed by atoms with E-state index >= 15 is 0 Å². The van der Waals surface area contributed by atoms with Crippen molar-refractivity contribution in [3.05, 3.63) is 53.1 Å². The first-order valence-electron chi connectivity index (χ1n) is 6.62. The van der Waals surface area contributed by atoms with Crippen LogP contribution in [0.2, 0.25) is 0 Å². The average molecular weight is 270 g/mol.